The number of benzene rings is 1. The number of aliphatic hydroxyl groups excluding tert-OH is 1. The molecular weight excluding hydrogens is 232 g/mol. The highest BCUT2D eigenvalue weighted by Gasteiger charge is 2.21. The van der Waals surface area contributed by atoms with Crippen molar-refractivity contribution in [2.45, 2.75) is 25.5 Å². The van der Waals surface area contributed by atoms with Crippen LogP contribution in [0.3, 0.4) is 0 Å². The first-order chi connectivity index (χ1) is 8.61. The summed E-state index contributed by atoms with van der Waals surface area (Å²) >= 11 is 0. The molecule has 102 valence electrons. The van der Waals surface area contributed by atoms with Crippen LogP contribution >= 0.6 is 0 Å². The predicted molar refractivity (Wildman–Crippen MR) is 70.8 cm³/mol. The van der Waals surface area contributed by atoms with E-state index in [9.17, 15) is 10.2 Å². The molecule has 2 unspecified atom stereocenters. The number of phenolic OH excluding ortho intramolecular Hbond substituents is 1. The molecule has 5 N–H and O–H groups in total. The molecule has 0 aromatic heterocycles. The number of para-hydroxylation sites is 1. The van der Waals surface area contributed by atoms with Gasteiger partial charge in [-0.1, -0.05) is 12.1 Å². The second-order valence-electron chi connectivity index (χ2n) is 4.13. The normalized spacial score (nSPS) is 14.2. The Morgan fingerprint density at radius 1 is 1.44 bits per heavy atom. The van der Waals surface area contributed by atoms with Gasteiger partial charge in [-0.05, 0) is 33.0 Å². The minimum atomic E-state index is -0.904. The third-order valence-electron chi connectivity index (χ3n) is 2.78. The van der Waals surface area contributed by atoms with Crippen LogP contribution in [-0.2, 0) is 0 Å². The van der Waals surface area contributed by atoms with Gasteiger partial charge in [-0.3, -0.25) is 0 Å². The number of aliphatic hydroxyl groups is 1. The molecule has 0 radical (unpaired) electrons. The highest BCUT2D eigenvalue weighted by Crippen LogP contribution is 2.34. The van der Waals surface area contributed by atoms with Crippen molar-refractivity contribution in [1.82, 2.24) is 5.32 Å². The Morgan fingerprint density at radius 2 is 2.17 bits per heavy atom. The molecule has 1 rings (SSSR count). The van der Waals surface area contributed by atoms with Crippen molar-refractivity contribution in [2.75, 3.05) is 20.2 Å². The van der Waals surface area contributed by atoms with Crippen molar-refractivity contribution in [3.05, 3.63) is 23.8 Å². The van der Waals surface area contributed by atoms with Crippen LogP contribution in [0.2, 0.25) is 0 Å². The summed E-state index contributed by atoms with van der Waals surface area (Å²) < 4.78 is 5.27. The third-order valence-corrected chi connectivity index (χ3v) is 2.78. The number of nitrogens with one attached hydrogen (secondary N) is 1. The molecule has 0 saturated heterocycles. The minimum absolute atomic E-state index is 0.0354. The van der Waals surface area contributed by atoms with Crippen LogP contribution in [0.1, 0.15) is 25.0 Å². The predicted octanol–water partition coefficient (Wildman–Crippen LogP) is 0.761. The van der Waals surface area contributed by atoms with E-state index in [4.69, 9.17) is 10.5 Å². The number of hydrogen-bond acceptors (Lipinski definition) is 5. The molecule has 0 aliphatic heterocycles. The van der Waals surface area contributed by atoms with Gasteiger partial charge in [0.25, 0.3) is 0 Å². The van der Waals surface area contributed by atoms with Gasteiger partial charge in [0, 0.05) is 11.6 Å². The standard InChI is InChI=1S/C13H22N2O3/c1-3-18-11-6-4-5-9(13(11)17)12(16)10(14)7-8-15-2/h4-6,10,12,15-17H,3,7-8,14H2,1-2H3. The largest absolute Gasteiger partial charge is 0.504 e. The molecule has 18 heavy (non-hydrogen) atoms. The van der Waals surface area contributed by atoms with Gasteiger partial charge in [0.15, 0.2) is 11.5 Å². The fourth-order valence-corrected chi connectivity index (χ4v) is 1.75. The monoisotopic (exact) mass is 254 g/mol. The van der Waals surface area contributed by atoms with E-state index < -0.39 is 12.1 Å². The van der Waals surface area contributed by atoms with Gasteiger partial charge in [-0.2, -0.15) is 0 Å². The summed E-state index contributed by atoms with van der Waals surface area (Å²) in [5.41, 5.74) is 6.29. The van der Waals surface area contributed by atoms with Gasteiger partial charge >= 0.3 is 0 Å². The molecule has 0 aliphatic carbocycles. The van der Waals surface area contributed by atoms with Crippen LogP contribution in [0.15, 0.2) is 18.2 Å². The smallest absolute Gasteiger partial charge is 0.163 e. The van der Waals surface area contributed by atoms with Crippen LogP contribution in [0, 0.1) is 0 Å². The molecule has 1 aromatic rings. The van der Waals surface area contributed by atoms with Crippen LogP contribution in [0.5, 0.6) is 11.5 Å². The van der Waals surface area contributed by atoms with Crippen LogP contribution in [0.25, 0.3) is 0 Å². The molecule has 1 aromatic carbocycles. The first-order valence-electron chi connectivity index (χ1n) is 6.14. The highest BCUT2D eigenvalue weighted by molar-refractivity contribution is 5.46. The van der Waals surface area contributed by atoms with Gasteiger partial charge < -0.3 is 26.0 Å². The molecule has 0 amide bonds. The molecule has 0 fully saturated rings. The zero-order valence-corrected chi connectivity index (χ0v) is 10.9. The van der Waals surface area contributed by atoms with Crippen LogP contribution in [0.4, 0.5) is 0 Å². The molecule has 0 bridgehead atoms. The molecule has 5 heteroatoms. The lowest BCUT2D eigenvalue weighted by molar-refractivity contribution is 0.138. The maximum atomic E-state index is 10.1. The SMILES string of the molecule is CCOc1cccc(C(O)C(N)CCNC)c1O. The van der Waals surface area contributed by atoms with E-state index in [0.29, 0.717) is 30.9 Å². The Hall–Kier alpha value is -1.30. The molecule has 0 spiro atoms. The van der Waals surface area contributed by atoms with E-state index >= 15 is 0 Å². The molecular formula is C13H22N2O3. The number of rotatable bonds is 7. The lowest BCUT2D eigenvalue weighted by atomic mass is 9.99. The average Bonchev–Trinajstić information content (AvgIpc) is 2.38. The summed E-state index contributed by atoms with van der Waals surface area (Å²) in [6.45, 7) is 3.00. The van der Waals surface area contributed by atoms with E-state index in [1.54, 1.807) is 18.2 Å². The maximum absolute atomic E-state index is 10.1. The van der Waals surface area contributed by atoms with Gasteiger partial charge in [0.2, 0.25) is 0 Å². The first-order valence-corrected chi connectivity index (χ1v) is 6.14. The Kier molecular flexibility index (Phi) is 5.91. The minimum Gasteiger partial charge on any atom is -0.504 e. The first kappa shape index (κ1) is 14.8. The lowest BCUT2D eigenvalue weighted by Gasteiger charge is -2.21. The second kappa shape index (κ2) is 7.20. The van der Waals surface area contributed by atoms with Crippen molar-refractivity contribution in [1.29, 1.82) is 0 Å². The zero-order chi connectivity index (χ0) is 13.5. The van der Waals surface area contributed by atoms with Gasteiger partial charge in [0.1, 0.15) is 0 Å². The fourth-order valence-electron chi connectivity index (χ4n) is 1.75. The van der Waals surface area contributed by atoms with E-state index in [0.717, 1.165) is 0 Å². The Labute approximate surface area is 108 Å². The number of nitrogens with two attached hydrogens (primary N) is 1. The summed E-state index contributed by atoms with van der Waals surface area (Å²) in [5.74, 6) is 0.335. The molecule has 0 aliphatic rings. The van der Waals surface area contributed by atoms with Gasteiger partial charge in [-0.15, -0.1) is 0 Å². The Bertz CT molecular complexity index is 371. The quantitative estimate of drug-likeness (QED) is 0.577. The maximum Gasteiger partial charge on any atom is 0.163 e. The van der Waals surface area contributed by atoms with Crippen molar-refractivity contribution < 1.29 is 14.9 Å². The van der Waals surface area contributed by atoms with E-state index in [1.165, 1.54) is 0 Å². The molecule has 0 saturated carbocycles. The Balaban J connectivity index is 2.84. The van der Waals surface area contributed by atoms with Crippen molar-refractivity contribution in [3.63, 3.8) is 0 Å². The second-order valence-corrected chi connectivity index (χ2v) is 4.13. The zero-order valence-electron chi connectivity index (χ0n) is 10.9. The summed E-state index contributed by atoms with van der Waals surface area (Å²) in [4.78, 5) is 0. The van der Waals surface area contributed by atoms with Crippen LogP contribution < -0.4 is 15.8 Å². The highest BCUT2D eigenvalue weighted by atomic mass is 16.5. The molecule has 2 atom stereocenters. The summed E-state index contributed by atoms with van der Waals surface area (Å²) in [7, 11) is 1.83. The van der Waals surface area contributed by atoms with Crippen LogP contribution in [-0.4, -0.2) is 36.5 Å². The number of phenols is 1. The fraction of sp³-hybridized carbons (Fsp3) is 0.538. The van der Waals surface area contributed by atoms with Crippen molar-refractivity contribution >= 4 is 0 Å². The molecule has 5 nitrogen and oxygen atoms in total. The Morgan fingerprint density at radius 3 is 2.78 bits per heavy atom. The molecule has 0 heterocycles. The van der Waals surface area contributed by atoms with Crippen molar-refractivity contribution in [3.8, 4) is 11.5 Å². The summed E-state index contributed by atoms with van der Waals surface area (Å²) in [5, 5.41) is 23.1. The van der Waals surface area contributed by atoms with Gasteiger partial charge in [-0.25, -0.2) is 0 Å². The van der Waals surface area contributed by atoms with Gasteiger partial charge in [0.05, 0.1) is 12.7 Å². The van der Waals surface area contributed by atoms with E-state index in [1.807, 2.05) is 14.0 Å². The number of aromatic hydroxyl groups is 1. The summed E-state index contributed by atoms with van der Waals surface area (Å²) in [6, 6.07) is 4.62. The van der Waals surface area contributed by atoms with Crippen molar-refractivity contribution in [2.24, 2.45) is 5.73 Å². The number of ether oxygens (including phenoxy) is 1. The lowest BCUT2D eigenvalue weighted by Crippen LogP contribution is -2.31. The number of hydrogen-bond donors (Lipinski definition) is 4. The van der Waals surface area contributed by atoms with E-state index in [2.05, 4.69) is 5.32 Å². The third kappa shape index (κ3) is 3.60. The van der Waals surface area contributed by atoms with E-state index in [-0.39, 0.29) is 5.75 Å². The summed E-state index contributed by atoms with van der Waals surface area (Å²) in [6.07, 6.45) is -0.283. The topological polar surface area (TPSA) is 87.7 Å². The average molecular weight is 254 g/mol.